The molecule has 1 aromatic heterocycles. The van der Waals surface area contributed by atoms with Crippen LogP contribution in [0.2, 0.25) is 5.02 Å². The minimum atomic E-state index is -1.40. The summed E-state index contributed by atoms with van der Waals surface area (Å²) >= 11 is 5.81. The van der Waals surface area contributed by atoms with Crippen molar-refractivity contribution >= 4 is 48.5 Å². The van der Waals surface area contributed by atoms with Crippen molar-refractivity contribution in [1.29, 1.82) is 0 Å². The molecule has 1 aliphatic heterocycles. The van der Waals surface area contributed by atoms with Crippen LogP contribution in [0.4, 0.5) is 8.78 Å². The van der Waals surface area contributed by atoms with E-state index in [4.69, 9.17) is 25.4 Å². The number of nitrogens with one attached hydrogen (secondary N) is 1. The minimum absolute atomic E-state index is 0.0787. The molecule has 1 saturated heterocycles. The van der Waals surface area contributed by atoms with Crippen molar-refractivity contribution in [2.75, 3.05) is 26.1 Å². The number of benzene rings is 2. The second-order valence-electron chi connectivity index (χ2n) is 9.67. The first-order valence-corrected chi connectivity index (χ1v) is 15.3. The molecule has 3 aromatic rings. The summed E-state index contributed by atoms with van der Waals surface area (Å²) in [4.78, 5) is 40.0. The number of hydrogen-bond donors (Lipinski definition) is 1. The van der Waals surface area contributed by atoms with Gasteiger partial charge < -0.3 is 28.6 Å². The highest BCUT2D eigenvalue weighted by atomic mass is 35.5. The highest BCUT2D eigenvalue weighted by Crippen LogP contribution is 2.38. The van der Waals surface area contributed by atoms with Gasteiger partial charge >= 0.3 is 0 Å². The average molecular weight is 624 g/mol. The normalized spacial score (nSPS) is 16.8. The van der Waals surface area contributed by atoms with Gasteiger partial charge in [0.05, 0.1) is 30.3 Å². The predicted molar refractivity (Wildman–Crippen MR) is 156 cm³/mol. The smallest absolute Gasteiger partial charge is 0.243 e. The van der Waals surface area contributed by atoms with Crippen molar-refractivity contribution in [3.8, 4) is 5.75 Å². The van der Waals surface area contributed by atoms with Gasteiger partial charge in [-0.2, -0.15) is 0 Å². The highest BCUT2D eigenvalue weighted by Gasteiger charge is 2.39. The number of rotatable bonds is 13. The number of halogens is 3. The fourth-order valence-corrected chi connectivity index (χ4v) is 6.08. The van der Waals surface area contributed by atoms with Gasteiger partial charge in [0.2, 0.25) is 20.2 Å². The predicted octanol–water partition coefficient (Wildman–Crippen LogP) is 5.61. The quantitative estimate of drug-likeness (QED) is 0.196. The van der Waals surface area contributed by atoms with Gasteiger partial charge in [-0.3, -0.25) is 14.4 Å². The van der Waals surface area contributed by atoms with E-state index in [2.05, 4.69) is 5.32 Å². The summed E-state index contributed by atoms with van der Waals surface area (Å²) in [6.07, 6.45) is 0.194. The molecule has 1 fully saturated rings. The van der Waals surface area contributed by atoms with Gasteiger partial charge in [0.15, 0.2) is 12.1 Å². The summed E-state index contributed by atoms with van der Waals surface area (Å²) in [5.74, 6) is -1.45. The van der Waals surface area contributed by atoms with Crippen molar-refractivity contribution in [2.45, 2.75) is 52.5 Å². The van der Waals surface area contributed by atoms with E-state index in [0.717, 1.165) is 0 Å². The summed E-state index contributed by atoms with van der Waals surface area (Å²) in [5, 5.41) is 3.14. The van der Waals surface area contributed by atoms with Crippen LogP contribution >= 0.6 is 20.0 Å². The molecule has 1 unspecified atom stereocenters. The minimum Gasteiger partial charge on any atom is -0.484 e. The zero-order valence-electron chi connectivity index (χ0n) is 23.6. The number of alkyl halides is 1. The number of aromatic nitrogens is 1. The molecule has 0 bridgehead atoms. The van der Waals surface area contributed by atoms with Crippen molar-refractivity contribution in [1.82, 2.24) is 14.8 Å². The van der Waals surface area contributed by atoms with Crippen LogP contribution in [0.1, 0.15) is 43.1 Å². The summed E-state index contributed by atoms with van der Waals surface area (Å²) in [5.41, 5.74) is 1.15. The van der Waals surface area contributed by atoms with Gasteiger partial charge in [-0.1, -0.05) is 23.7 Å². The van der Waals surface area contributed by atoms with Gasteiger partial charge in [0, 0.05) is 41.7 Å². The fraction of sp³-hybridized carbons (Fsp3) is 0.414. The van der Waals surface area contributed by atoms with Crippen molar-refractivity contribution in [3.63, 3.8) is 0 Å². The van der Waals surface area contributed by atoms with E-state index in [0.29, 0.717) is 35.4 Å². The first-order valence-electron chi connectivity index (χ1n) is 13.6. The van der Waals surface area contributed by atoms with Crippen LogP contribution in [0.3, 0.4) is 0 Å². The average Bonchev–Trinajstić information content (AvgIpc) is 3.53. The lowest BCUT2D eigenvalue weighted by Crippen LogP contribution is -2.46. The maximum atomic E-state index is 14.5. The van der Waals surface area contributed by atoms with E-state index in [-0.39, 0.29) is 48.8 Å². The lowest BCUT2D eigenvalue weighted by molar-refractivity contribution is -0.139. The molecule has 226 valence electrons. The number of fused-ring (bicyclic) bond motifs is 1. The van der Waals surface area contributed by atoms with Crippen LogP contribution in [0.25, 0.3) is 10.9 Å². The largest absolute Gasteiger partial charge is 0.484 e. The molecular formula is C29H33ClF2N3O6P. The SMILES string of the molecule is CCOP(COc1ccc2c(C(C)=O)cn(CC(=O)N3C[C@H](F)CC3C(=O)NCc3cccc(Cl)c3F)c2c1)OCC. The van der Waals surface area contributed by atoms with E-state index in [9.17, 15) is 23.2 Å². The molecule has 42 heavy (non-hydrogen) atoms. The third kappa shape index (κ3) is 7.45. The molecule has 0 radical (unpaired) electrons. The first-order chi connectivity index (χ1) is 20.1. The third-order valence-electron chi connectivity index (χ3n) is 6.78. The molecule has 2 amide bonds. The number of Topliss-reactive ketones (excluding diaryl/α,β-unsaturated/α-hetero) is 1. The lowest BCUT2D eigenvalue weighted by Gasteiger charge is -2.24. The van der Waals surface area contributed by atoms with E-state index >= 15 is 0 Å². The van der Waals surface area contributed by atoms with Gasteiger partial charge in [-0.15, -0.1) is 0 Å². The summed E-state index contributed by atoms with van der Waals surface area (Å²) in [6, 6.07) is 8.54. The zero-order valence-corrected chi connectivity index (χ0v) is 25.2. The number of amides is 2. The van der Waals surface area contributed by atoms with Crippen molar-refractivity contribution in [3.05, 3.63) is 64.6 Å². The number of nitrogens with zero attached hydrogens (tertiary/aromatic N) is 2. The second-order valence-corrected chi connectivity index (χ2v) is 11.5. The number of carbonyl (C=O) groups excluding carboxylic acids is 3. The van der Waals surface area contributed by atoms with Crippen LogP contribution in [0.5, 0.6) is 5.75 Å². The Morgan fingerprint density at radius 1 is 1.14 bits per heavy atom. The molecule has 4 rings (SSSR count). The van der Waals surface area contributed by atoms with E-state index in [1.807, 2.05) is 13.8 Å². The Balaban J connectivity index is 1.51. The van der Waals surface area contributed by atoms with Gasteiger partial charge in [0.25, 0.3) is 0 Å². The zero-order chi connectivity index (χ0) is 30.4. The van der Waals surface area contributed by atoms with Gasteiger partial charge in [-0.05, 0) is 39.0 Å². The molecule has 2 aromatic carbocycles. The Morgan fingerprint density at radius 2 is 1.88 bits per heavy atom. The van der Waals surface area contributed by atoms with Crippen LogP contribution in [-0.4, -0.2) is 65.4 Å². The Kier molecular flexibility index (Phi) is 10.9. The molecule has 2 heterocycles. The van der Waals surface area contributed by atoms with Crippen LogP contribution in [0, 0.1) is 5.82 Å². The molecule has 2 atom stereocenters. The first kappa shape index (κ1) is 31.8. The van der Waals surface area contributed by atoms with E-state index < -0.39 is 38.2 Å². The number of ketones is 1. The lowest BCUT2D eigenvalue weighted by atomic mass is 10.1. The highest BCUT2D eigenvalue weighted by molar-refractivity contribution is 7.47. The van der Waals surface area contributed by atoms with Gasteiger partial charge in [-0.25, -0.2) is 8.78 Å². The molecule has 0 aliphatic carbocycles. The van der Waals surface area contributed by atoms with E-state index in [1.54, 1.807) is 35.0 Å². The third-order valence-corrected chi connectivity index (χ3v) is 8.50. The van der Waals surface area contributed by atoms with Crippen molar-refractivity contribution in [2.24, 2.45) is 0 Å². The van der Waals surface area contributed by atoms with Crippen LogP contribution in [-0.2, 0) is 31.7 Å². The summed E-state index contributed by atoms with van der Waals surface area (Å²) in [6.45, 7) is 5.47. The molecule has 9 nitrogen and oxygen atoms in total. The monoisotopic (exact) mass is 623 g/mol. The number of ether oxygens (including phenoxy) is 1. The van der Waals surface area contributed by atoms with Gasteiger partial charge in [0.1, 0.15) is 30.3 Å². The maximum Gasteiger partial charge on any atom is 0.243 e. The Bertz CT molecular complexity index is 1450. The number of hydrogen-bond acceptors (Lipinski definition) is 6. The number of carbonyl (C=O) groups is 3. The summed E-state index contributed by atoms with van der Waals surface area (Å²) < 4.78 is 47.4. The Morgan fingerprint density at radius 3 is 2.57 bits per heavy atom. The van der Waals surface area contributed by atoms with Crippen molar-refractivity contribution < 1.29 is 36.9 Å². The molecule has 13 heteroatoms. The molecule has 0 spiro atoms. The Labute approximate surface area is 248 Å². The van der Waals surface area contributed by atoms with Crippen LogP contribution < -0.4 is 10.1 Å². The molecular weight excluding hydrogens is 591 g/mol. The maximum absolute atomic E-state index is 14.5. The number of likely N-dealkylation sites (tertiary alicyclic amines) is 1. The Hall–Kier alpha value is -3.11. The molecule has 0 saturated carbocycles. The second kappa shape index (κ2) is 14.4. The summed E-state index contributed by atoms with van der Waals surface area (Å²) in [7, 11) is -1.24. The standard InChI is InChI=1S/C29H33ClF2N3O6P/c1-4-40-42(41-5-2)17-39-21-9-10-22-23(18(3)36)15-34(25(22)12-21)16-27(37)35-14-20(31)11-26(35)29(38)33-13-19-7-6-8-24(30)28(19)32/h6-10,12,15,20,26H,4-5,11,13-14,16-17H2,1-3H3,(H,33,38)/t20-,26?/m1/s1. The van der Waals surface area contributed by atoms with E-state index in [1.165, 1.54) is 24.0 Å². The topological polar surface area (TPSA) is 99.1 Å². The fourth-order valence-electron chi connectivity index (χ4n) is 4.83. The van der Waals surface area contributed by atoms with Crippen LogP contribution in [0.15, 0.2) is 42.6 Å². The molecule has 1 aliphatic rings. The molecule has 1 N–H and O–H groups in total.